The molecule has 0 spiro atoms. The van der Waals surface area contributed by atoms with Crippen molar-refractivity contribution in [2.24, 2.45) is 10.1 Å². The summed E-state index contributed by atoms with van der Waals surface area (Å²) in [7, 11) is 0. The summed E-state index contributed by atoms with van der Waals surface area (Å²) in [6, 6.07) is 5.39. The zero-order chi connectivity index (χ0) is 13.0. The molecule has 1 aromatic rings. The number of hydrazone groups is 1. The molecule has 0 unspecified atom stereocenters. The van der Waals surface area contributed by atoms with Crippen LogP contribution in [0.4, 0.5) is 0 Å². The van der Waals surface area contributed by atoms with Crippen molar-refractivity contribution >= 4 is 58.3 Å². The Balaban J connectivity index is 0.00000180. The van der Waals surface area contributed by atoms with E-state index in [0.717, 1.165) is 22.2 Å². The van der Waals surface area contributed by atoms with Crippen molar-refractivity contribution in [1.29, 1.82) is 0 Å². The SMILES string of the molecule is C=CCN=C1NN=C(c2ccc(Cl)cc2Cl)CS1.Cl. The van der Waals surface area contributed by atoms with E-state index in [-0.39, 0.29) is 12.4 Å². The maximum absolute atomic E-state index is 6.14. The second-order valence-corrected chi connectivity index (χ2v) is 5.33. The van der Waals surface area contributed by atoms with Gasteiger partial charge in [0.05, 0.1) is 17.3 Å². The highest BCUT2D eigenvalue weighted by Crippen LogP contribution is 2.24. The minimum absolute atomic E-state index is 0. The molecule has 0 saturated carbocycles. The van der Waals surface area contributed by atoms with Crippen molar-refractivity contribution in [1.82, 2.24) is 5.43 Å². The van der Waals surface area contributed by atoms with E-state index < -0.39 is 0 Å². The zero-order valence-corrected chi connectivity index (χ0v) is 13.0. The monoisotopic (exact) mass is 335 g/mol. The number of halogens is 3. The third-order valence-corrected chi connectivity index (χ3v) is 3.70. The zero-order valence-electron chi connectivity index (χ0n) is 9.90. The maximum Gasteiger partial charge on any atom is 0.177 e. The fourth-order valence-electron chi connectivity index (χ4n) is 1.41. The quantitative estimate of drug-likeness (QED) is 0.847. The Morgan fingerprint density at radius 1 is 1.47 bits per heavy atom. The largest absolute Gasteiger partial charge is 0.257 e. The third kappa shape index (κ3) is 4.42. The summed E-state index contributed by atoms with van der Waals surface area (Å²) in [5.41, 5.74) is 4.69. The van der Waals surface area contributed by atoms with Crippen molar-refractivity contribution in [3.05, 3.63) is 46.5 Å². The van der Waals surface area contributed by atoms with Gasteiger partial charge in [0.25, 0.3) is 0 Å². The van der Waals surface area contributed by atoms with E-state index in [1.165, 1.54) is 0 Å². The molecule has 1 heterocycles. The fraction of sp³-hybridized carbons (Fsp3) is 0.167. The summed E-state index contributed by atoms with van der Waals surface area (Å²) in [6.07, 6.45) is 1.74. The molecule has 1 N–H and O–H groups in total. The minimum Gasteiger partial charge on any atom is -0.257 e. The van der Waals surface area contributed by atoms with Crippen LogP contribution < -0.4 is 5.43 Å². The lowest BCUT2D eigenvalue weighted by atomic mass is 10.1. The van der Waals surface area contributed by atoms with Crippen molar-refractivity contribution in [3.63, 3.8) is 0 Å². The van der Waals surface area contributed by atoms with Crippen molar-refractivity contribution in [2.75, 3.05) is 12.3 Å². The molecule has 0 atom stereocenters. The van der Waals surface area contributed by atoms with Gasteiger partial charge in [-0.25, -0.2) is 0 Å². The van der Waals surface area contributed by atoms with E-state index in [1.807, 2.05) is 6.07 Å². The van der Waals surface area contributed by atoms with Crippen molar-refractivity contribution < 1.29 is 0 Å². The summed E-state index contributed by atoms with van der Waals surface area (Å²) < 4.78 is 0. The normalized spacial score (nSPS) is 16.3. The molecule has 19 heavy (non-hydrogen) atoms. The molecule has 1 aliphatic rings. The number of amidine groups is 1. The van der Waals surface area contributed by atoms with Gasteiger partial charge in [0.1, 0.15) is 0 Å². The molecule has 7 heteroatoms. The van der Waals surface area contributed by atoms with Crippen LogP contribution in [0.15, 0.2) is 40.9 Å². The highest BCUT2D eigenvalue weighted by molar-refractivity contribution is 8.14. The van der Waals surface area contributed by atoms with Crippen LogP contribution in [0.1, 0.15) is 5.56 Å². The summed E-state index contributed by atoms with van der Waals surface area (Å²) >= 11 is 13.6. The first-order valence-electron chi connectivity index (χ1n) is 5.27. The molecule has 0 fully saturated rings. The van der Waals surface area contributed by atoms with Crippen LogP contribution >= 0.6 is 47.4 Å². The number of rotatable bonds is 3. The molecule has 0 aromatic heterocycles. The predicted molar refractivity (Wildman–Crippen MR) is 88.3 cm³/mol. The fourth-order valence-corrected chi connectivity index (χ4v) is 2.69. The lowest BCUT2D eigenvalue weighted by molar-refractivity contribution is 1.02. The van der Waals surface area contributed by atoms with Gasteiger partial charge in [0, 0.05) is 16.3 Å². The van der Waals surface area contributed by atoms with Gasteiger partial charge in [-0.3, -0.25) is 10.4 Å². The number of thioether (sulfide) groups is 1. The number of hydrogen-bond acceptors (Lipinski definition) is 3. The molecule has 0 aliphatic carbocycles. The van der Waals surface area contributed by atoms with Crippen LogP contribution in [0.5, 0.6) is 0 Å². The van der Waals surface area contributed by atoms with E-state index >= 15 is 0 Å². The van der Waals surface area contributed by atoms with Crippen LogP contribution in [0, 0.1) is 0 Å². The minimum atomic E-state index is 0. The van der Waals surface area contributed by atoms with Gasteiger partial charge in [0.15, 0.2) is 5.17 Å². The molecule has 0 saturated heterocycles. The Morgan fingerprint density at radius 3 is 2.84 bits per heavy atom. The molecule has 1 aromatic carbocycles. The van der Waals surface area contributed by atoms with E-state index in [1.54, 1.807) is 30.0 Å². The topological polar surface area (TPSA) is 36.8 Å². The van der Waals surface area contributed by atoms with Crippen molar-refractivity contribution in [3.8, 4) is 0 Å². The maximum atomic E-state index is 6.14. The number of nitrogens with one attached hydrogen (secondary N) is 1. The second kappa shape index (κ2) is 7.80. The molecule has 0 radical (unpaired) electrons. The van der Waals surface area contributed by atoms with E-state index in [4.69, 9.17) is 23.2 Å². The molecule has 0 bridgehead atoms. The van der Waals surface area contributed by atoms with Gasteiger partial charge < -0.3 is 0 Å². The first kappa shape index (κ1) is 16.4. The number of aliphatic imine (C=N–C) groups is 1. The Kier molecular flexibility index (Phi) is 6.72. The van der Waals surface area contributed by atoms with Crippen LogP contribution in [0.25, 0.3) is 0 Å². The highest BCUT2D eigenvalue weighted by atomic mass is 35.5. The molecule has 2 rings (SSSR count). The first-order chi connectivity index (χ1) is 8.70. The average molecular weight is 337 g/mol. The van der Waals surface area contributed by atoms with Crippen LogP contribution in [-0.4, -0.2) is 23.2 Å². The Hall–Kier alpha value is -0.680. The second-order valence-electron chi connectivity index (χ2n) is 3.52. The van der Waals surface area contributed by atoms with Gasteiger partial charge in [-0.05, 0) is 12.1 Å². The molecular formula is C12H12Cl3N3S. The van der Waals surface area contributed by atoms with Gasteiger partial charge in [-0.1, -0.05) is 47.1 Å². The van der Waals surface area contributed by atoms with Gasteiger partial charge in [0.2, 0.25) is 0 Å². The van der Waals surface area contributed by atoms with Crippen LogP contribution in [0.2, 0.25) is 10.0 Å². The highest BCUT2D eigenvalue weighted by Gasteiger charge is 2.15. The summed E-state index contributed by atoms with van der Waals surface area (Å²) in [4.78, 5) is 4.26. The number of nitrogens with zero attached hydrogens (tertiary/aromatic N) is 2. The Bertz CT molecular complexity index is 529. The summed E-state index contributed by atoms with van der Waals surface area (Å²) in [6.45, 7) is 4.20. The molecular weight excluding hydrogens is 325 g/mol. The van der Waals surface area contributed by atoms with Gasteiger partial charge in [-0.15, -0.1) is 19.0 Å². The van der Waals surface area contributed by atoms with Crippen LogP contribution in [0.3, 0.4) is 0 Å². The molecule has 0 amide bonds. The Labute approximate surface area is 132 Å². The van der Waals surface area contributed by atoms with E-state index in [2.05, 4.69) is 22.1 Å². The first-order valence-corrected chi connectivity index (χ1v) is 7.01. The van der Waals surface area contributed by atoms with E-state index in [0.29, 0.717) is 16.6 Å². The van der Waals surface area contributed by atoms with Gasteiger partial charge >= 0.3 is 0 Å². The molecule has 3 nitrogen and oxygen atoms in total. The predicted octanol–water partition coefficient (Wildman–Crippen LogP) is 4.00. The number of hydrogen-bond donors (Lipinski definition) is 1. The van der Waals surface area contributed by atoms with E-state index in [9.17, 15) is 0 Å². The third-order valence-electron chi connectivity index (χ3n) is 2.24. The van der Waals surface area contributed by atoms with Crippen molar-refractivity contribution in [2.45, 2.75) is 0 Å². The van der Waals surface area contributed by atoms with Gasteiger partial charge in [-0.2, -0.15) is 5.10 Å². The van der Waals surface area contributed by atoms with Crippen LogP contribution in [-0.2, 0) is 0 Å². The molecule has 1 aliphatic heterocycles. The smallest absolute Gasteiger partial charge is 0.177 e. The number of benzene rings is 1. The molecule has 102 valence electrons. The summed E-state index contributed by atoms with van der Waals surface area (Å²) in [5.74, 6) is 0.727. The standard InChI is InChI=1S/C12H11Cl2N3S.ClH/c1-2-5-15-12-17-16-11(7-18-12)9-4-3-8(13)6-10(9)14;/h2-4,6H,1,5,7H2,(H,15,17);1H. The lowest BCUT2D eigenvalue weighted by Crippen LogP contribution is -2.25. The Morgan fingerprint density at radius 2 is 2.26 bits per heavy atom. The lowest BCUT2D eigenvalue weighted by Gasteiger charge is -2.15. The summed E-state index contributed by atoms with van der Waals surface area (Å²) in [5, 5.41) is 6.30. The average Bonchev–Trinajstić information content (AvgIpc) is 2.37.